The Morgan fingerprint density at radius 1 is 1.43 bits per heavy atom. The van der Waals surface area contributed by atoms with Crippen LogP contribution in [0.5, 0.6) is 11.6 Å². The van der Waals surface area contributed by atoms with Gasteiger partial charge >= 0.3 is 0 Å². The van der Waals surface area contributed by atoms with Crippen molar-refractivity contribution in [2.24, 2.45) is 12.2 Å². The highest BCUT2D eigenvalue weighted by Gasteiger charge is 2.22. The fourth-order valence-corrected chi connectivity index (χ4v) is 2.27. The van der Waals surface area contributed by atoms with Crippen LogP contribution < -0.4 is 10.1 Å². The summed E-state index contributed by atoms with van der Waals surface area (Å²) in [5.74, 6) is 0.262. The van der Waals surface area contributed by atoms with Crippen molar-refractivity contribution in [2.75, 3.05) is 14.2 Å². The number of halogens is 1. The van der Waals surface area contributed by atoms with Gasteiger partial charge in [-0.2, -0.15) is 0 Å². The molecule has 0 aliphatic carbocycles. The number of amides is 1. The minimum atomic E-state index is -0.391. The number of benzene rings is 1. The van der Waals surface area contributed by atoms with Crippen LogP contribution in [0.3, 0.4) is 0 Å². The lowest BCUT2D eigenvalue weighted by Crippen LogP contribution is -2.29. The van der Waals surface area contributed by atoms with E-state index in [1.165, 1.54) is 18.8 Å². The zero-order chi connectivity index (χ0) is 17.0. The average Bonchev–Trinajstić information content (AvgIpc) is 2.83. The minimum absolute atomic E-state index is 0.107. The molecule has 122 valence electrons. The quantitative estimate of drug-likeness (QED) is 0.671. The van der Waals surface area contributed by atoms with E-state index in [1.54, 1.807) is 25.4 Å². The third kappa shape index (κ3) is 3.62. The first kappa shape index (κ1) is 16.8. The predicted molar refractivity (Wildman–Crippen MR) is 87.1 cm³/mol. The first-order valence-electron chi connectivity index (χ1n) is 6.78. The van der Waals surface area contributed by atoms with Gasteiger partial charge in [0.2, 0.25) is 0 Å². The molecule has 0 unspecified atom stereocenters. The lowest BCUT2D eigenvalue weighted by molar-refractivity contribution is -0.114. The van der Waals surface area contributed by atoms with E-state index in [1.807, 2.05) is 13.0 Å². The van der Waals surface area contributed by atoms with E-state index >= 15 is 0 Å². The van der Waals surface area contributed by atoms with E-state index in [2.05, 4.69) is 15.6 Å². The highest BCUT2D eigenvalue weighted by molar-refractivity contribution is 6.46. The van der Waals surface area contributed by atoms with E-state index in [9.17, 15) is 4.79 Å². The Balaban J connectivity index is 2.53. The third-order valence-corrected chi connectivity index (χ3v) is 3.32. The van der Waals surface area contributed by atoms with Crippen LogP contribution in [0.25, 0.3) is 0 Å². The summed E-state index contributed by atoms with van der Waals surface area (Å²) in [6, 6.07) is 5.36. The molecule has 23 heavy (non-hydrogen) atoms. The standard InChI is InChI=1S/C15H17ClN4O3/c1-9-6-5-7-11(23-15-10(16)8-20(3)18-15)12(9)13(19-22-4)14(21)17-2/h5-8H,1-4H3,(H,17,21)/b19-13+. The van der Waals surface area contributed by atoms with Crippen LogP contribution in [0, 0.1) is 6.92 Å². The van der Waals surface area contributed by atoms with Crippen molar-refractivity contribution in [1.82, 2.24) is 15.1 Å². The predicted octanol–water partition coefficient (Wildman–Crippen LogP) is 2.27. The third-order valence-electron chi connectivity index (χ3n) is 3.06. The summed E-state index contributed by atoms with van der Waals surface area (Å²) in [5, 5.41) is 10.9. The number of carbonyl (C=O) groups excluding carboxylic acids is 1. The van der Waals surface area contributed by atoms with Crippen molar-refractivity contribution in [3.8, 4) is 11.6 Å². The second-order valence-electron chi connectivity index (χ2n) is 4.71. The molecule has 2 aromatic rings. The van der Waals surface area contributed by atoms with Crippen LogP contribution in [0.15, 0.2) is 29.6 Å². The maximum absolute atomic E-state index is 12.1. The molecule has 1 aromatic carbocycles. The lowest BCUT2D eigenvalue weighted by atomic mass is 10.0. The lowest BCUT2D eigenvalue weighted by Gasteiger charge is -2.13. The smallest absolute Gasteiger partial charge is 0.273 e. The van der Waals surface area contributed by atoms with Gasteiger partial charge in [-0.05, 0) is 18.6 Å². The van der Waals surface area contributed by atoms with Crippen molar-refractivity contribution in [1.29, 1.82) is 0 Å². The Morgan fingerprint density at radius 3 is 2.74 bits per heavy atom. The molecular weight excluding hydrogens is 320 g/mol. The number of aryl methyl sites for hydroxylation is 2. The Hall–Kier alpha value is -2.54. The Labute approximate surface area is 138 Å². The summed E-state index contributed by atoms with van der Waals surface area (Å²) in [7, 11) is 4.62. The Bertz CT molecular complexity index is 755. The van der Waals surface area contributed by atoms with Crippen LogP contribution >= 0.6 is 11.6 Å². The monoisotopic (exact) mass is 336 g/mol. The van der Waals surface area contributed by atoms with E-state index in [0.717, 1.165) is 5.56 Å². The highest BCUT2D eigenvalue weighted by Crippen LogP contribution is 2.31. The molecule has 0 aliphatic rings. The summed E-state index contributed by atoms with van der Waals surface area (Å²) in [6.45, 7) is 1.84. The molecule has 7 nitrogen and oxygen atoms in total. The molecule has 0 bridgehead atoms. The van der Waals surface area contributed by atoms with Crippen LogP contribution in [0.4, 0.5) is 0 Å². The summed E-state index contributed by atoms with van der Waals surface area (Å²) in [6.07, 6.45) is 1.62. The number of nitrogens with one attached hydrogen (secondary N) is 1. The molecule has 0 spiro atoms. The van der Waals surface area contributed by atoms with Gasteiger partial charge in [-0.3, -0.25) is 9.48 Å². The normalized spacial score (nSPS) is 11.3. The van der Waals surface area contributed by atoms with E-state index in [-0.39, 0.29) is 11.6 Å². The van der Waals surface area contributed by atoms with Gasteiger partial charge in [0.15, 0.2) is 5.71 Å². The Morgan fingerprint density at radius 2 is 2.17 bits per heavy atom. The Kier molecular flexibility index (Phi) is 5.23. The summed E-state index contributed by atoms with van der Waals surface area (Å²) >= 11 is 6.08. The fourth-order valence-electron chi connectivity index (χ4n) is 2.05. The minimum Gasteiger partial charge on any atom is -0.436 e. The van der Waals surface area contributed by atoms with Crippen molar-refractivity contribution in [3.63, 3.8) is 0 Å². The van der Waals surface area contributed by atoms with Gasteiger partial charge in [-0.1, -0.05) is 28.9 Å². The van der Waals surface area contributed by atoms with Gasteiger partial charge in [0, 0.05) is 20.3 Å². The van der Waals surface area contributed by atoms with Crippen LogP contribution in [0.1, 0.15) is 11.1 Å². The first-order valence-corrected chi connectivity index (χ1v) is 7.16. The van der Waals surface area contributed by atoms with Crippen molar-refractivity contribution < 1.29 is 14.4 Å². The van der Waals surface area contributed by atoms with Crippen LogP contribution in [-0.2, 0) is 16.7 Å². The molecule has 2 rings (SSSR count). The molecule has 0 radical (unpaired) electrons. The zero-order valence-corrected chi connectivity index (χ0v) is 14.0. The number of rotatable bonds is 5. The number of nitrogens with zero attached hydrogens (tertiary/aromatic N) is 3. The molecule has 1 amide bonds. The molecule has 0 saturated carbocycles. The number of carbonyl (C=O) groups is 1. The van der Waals surface area contributed by atoms with E-state index in [4.69, 9.17) is 21.2 Å². The number of hydrogen-bond donors (Lipinski definition) is 1. The number of ether oxygens (including phenoxy) is 1. The van der Waals surface area contributed by atoms with Crippen LogP contribution in [-0.4, -0.2) is 35.6 Å². The zero-order valence-electron chi connectivity index (χ0n) is 13.3. The molecule has 0 saturated heterocycles. The van der Waals surface area contributed by atoms with E-state index < -0.39 is 5.91 Å². The summed E-state index contributed by atoms with van der Waals surface area (Å²) in [5.41, 5.74) is 1.42. The second kappa shape index (κ2) is 7.15. The topological polar surface area (TPSA) is 77.7 Å². The number of likely N-dealkylation sites (N-methyl/N-ethyl adjacent to an activating group) is 1. The molecule has 0 aliphatic heterocycles. The largest absolute Gasteiger partial charge is 0.436 e. The summed E-state index contributed by atoms with van der Waals surface area (Å²) in [4.78, 5) is 16.9. The van der Waals surface area contributed by atoms with Gasteiger partial charge < -0.3 is 14.9 Å². The van der Waals surface area contributed by atoms with Crippen LogP contribution in [0.2, 0.25) is 5.02 Å². The number of aromatic nitrogens is 2. The van der Waals surface area contributed by atoms with Gasteiger partial charge in [-0.15, -0.1) is 5.10 Å². The highest BCUT2D eigenvalue weighted by atomic mass is 35.5. The molecule has 8 heteroatoms. The SMILES string of the molecule is CNC(=O)/C(=N/OC)c1c(C)cccc1Oc1nn(C)cc1Cl. The number of hydrogen-bond acceptors (Lipinski definition) is 5. The molecule has 0 atom stereocenters. The van der Waals surface area contributed by atoms with Crippen molar-refractivity contribution in [3.05, 3.63) is 40.5 Å². The molecule has 1 aromatic heterocycles. The van der Waals surface area contributed by atoms with Gasteiger partial charge in [0.25, 0.3) is 11.8 Å². The van der Waals surface area contributed by atoms with Crippen molar-refractivity contribution in [2.45, 2.75) is 6.92 Å². The fraction of sp³-hybridized carbons (Fsp3) is 0.267. The molecule has 1 N–H and O–H groups in total. The first-order chi connectivity index (χ1) is 11.0. The average molecular weight is 337 g/mol. The van der Waals surface area contributed by atoms with Crippen molar-refractivity contribution >= 4 is 23.2 Å². The second-order valence-corrected chi connectivity index (χ2v) is 5.11. The van der Waals surface area contributed by atoms with Gasteiger partial charge in [-0.25, -0.2) is 0 Å². The number of oxime groups is 1. The summed E-state index contributed by atoms with van der Waals surface area (Å²) < 4.78 is 7.32. The maximum atomic E-state index is 12.1. The molecule has 1 heterocycles. The van der Waals surface area contributed by atoms with Gasteiger partial charge in [0.05, 0.1) is 5.56 Å². The molecule has 0 fully saturated rings. The van der Waals surface area contributed by atoms with Gasteiger partial charge in [0.1, 0.15) is 17.9 Å². The maximum Gasteiger partial charge on any atom is 0.273 e. The molecular formula is C15H17ClN4O3. The van der Waals surface area contributed by atoms with E-state index in [0.29, 0.717) is 16.3 Å².